The molecule has 0 spiro atoms. The van der Waals surface area contributed by atoms with Crippen LogP contribution in [0.5, 0.6) is 0 Å². The topological polar surface area (TPSA) is 67.3 Å². The van der Waals surface area contributed by atoms with Crippen LogP contribution < -0.4 is 16.8 Å². The second-order valence-corrected chi connectivity index (χ2v) is 3.62. The second kappa shape index (κ2) is 7.64. The zero-order valence-corrected chi connectivity index (χ0v) is 9.59. The minimum atomic E-state index is 0.146. The van der Waals surface area contributed by atoms with Gasteiger partial charge in [-0.3, -0.25) is 0 Å². The molecule has 4 nitrogen and oxygen atoms in total. The summed E-state index contributed by atoms with van der Waals surface area (Å²) >= 11 is 0. The molecule has 0 bridgehead atoms. The summed E-state index contributed by atoms with van der Waals surface area (Å²) in [6, 6.07) is 0.146. The fraction of sp³-hybridized carbons (Fsp3) is 0.800. The zero-order chi connectivity index (χ0) is 11.0. The van der Waals surface area contributed by atoms with Crippen LogP contribution in [-0.4, -0.2) is 30.7 Å². The lowest BCUT2D eigenvalue weighted by Crippen LogP contribution is -2.38. The van der Waals surface area contributed by atoms with E-state index < -0.39 is 0 Å². The van der Waals surface area contributed by atoms with Crippen LogP contribution in [0.3, 0.4) is 0 Å². The van der Waals surface area contributed by atoms with E-state index in [0.29, 0.717) is 6.67 Å². The van der Waals surface area contributed by atoms with Gasteiger partial charge in [0.15, 0.2) is 0 Å². The number of nitrogens with one attached hydrogen (secondary N) is 1. The van der Waals surface area contributed by atoms with Crippen LogP contribution in [0.1, 0.15) is 27.2 Å². The van der Waals surface area contributed by atoms with Gasteiger partial charge in [-0.2, -0.15) is 0 Å². The fourth-order valence-electron chi connectivity index (χ4n) is 1.17. The lowest BCUT2D eigenvalue weighted by Gasteiger charge is -2.25. The Balaban J connectivity index is 4.01. The number of allylic oxidation sites excluding steroid dienone is 1. The Bertz CT molecular complexity index is 166. The van der Waals surface area contributed by atoms with Crippen molar-refractivity contribution >= 4 is 0 Å². The second-order valence-electron chi connectivity index (χ2n) is 3.62. The molecule has 0 rings (SSSR count). The van der Waals surface area contributed by atoms with Crippen molar-refractivity contribution in [3.63, 3.8) is 0 Å². The highest BCUT2D eigenvalue weighted by Crippen LogP contribution is 2.00. The standard InChI is InChI=1S/C10H24N4/c1-4-5-13-6-10(3)14(8-11)7-9(2)12/h6,9,13H,4-5,7-8,11-12H2,1-3H3/b10-6+. The number of nitrogens with two attached hydrogens (primary N) is 2. The lowest BCUT2D eigenvalue weighted by molar-refractivity contribution is 0.334. The van der Waals surface area contributed by atoms with Crippen LogP contribution in [-0.2, 0) is 0 Å². The van der Waals surface area contributed by atoms with Gasteiger partial charge in [-0.1, -0.05) is 6.92 Å². The molecule has 0 aromatic rings. The smallest absolute Gasteiger partial charge is 0.0655 e. The summed E-state index contributed by atoms with van der Waals surface area (Å²) in [6.07, 6.45) is 3.12. The molecule has 0 aliphatic heterocycles. The van der Waals surface area contributed by atoms with Crippen molar-refractivity contribution in [1.29, 1.82) is 0 Å². The molecule has 0 aliphatic rings. The van der Waals surface area contributed by atoms with Gasteiger partial charge >= 0.3 is 0 Å². The summed E-state index contributed by atoms with van der Waals surface area (Å²) in [6.45, 7) is 8.46. The van der Waals surface area contributed by atoms with Gasteiger partial charge in [-0.15, -0.1) is 0 Å². The van der Waals surface area contributed by atoms with Gasteiger partial charge in [0.05, 0.1) is 6.67 Å². The maximum Gasteiger partial charge on any atom is 0.0655 e. The molecular formula is C10H24N4. The normalized spacial score (nSPS) is 13.9. The third-order valence-corrected chi connectivity index (χ3v) is 1.93. The molecule has 0 aliphatic carbocycles. The summed E-state index contributed by atoms with van der Waals surface area (Å²) in [7, 11) is 0. The summed E-state index contributed by atoms with van der Waals surface area (Å²) in [4.78, 5) is 2.06. The van der Waals surface area contributed by atoms with E-state index >= 15 is 0 Å². The van der Waals surface area contributed by atoms with Crippen molar-refractivity contribution in [3.8, 4) is 0 Å². The molecule has 0 radical (unpaired) electrons. The first kappa shape index (κ1) is 13.3. The lowest BCUT2D eigenvalue weighted by atomic mass is 10.3. The van der Waals surface area contributed by atoms with E-state index in [9.17, 15) is 0 Å². The summed E-state index contributed by atoms with van der Waals surface area (Å²) in [5.74, 6) is 0. The van der Waals surface area contributed by atoms with Crippen LogP contribution in [0.4, 0.5) is 0 Å². The van der Waals surface area contributed by atoms with Gasteiger partial charge in [0.25, 0.3) is 0 Å². The Hall–Kier alpha value is -0.740. The van der Waals surface area contributed by atoms with E-state index in [1.807, 2.05) is 20.0 Å². The number of hydrogen-bond acceptors (Lipinski definition) is 4. The fourth-order valence-corrected chi connectivity index (χ4v) is 1.17. The number of hydrogen-bond donors (Lipinski definition) is 3. The van der Waals surface area contributed by atoms with Crippen molar-refractivity contribution in [2.75, 3.05) is 19.8 Å². The Labute approximate surface area is 87.3 Å². The third kappa shape index (κ3) is 5.83. The molecular weight excluding hydrogens is 176 g/mol. The summed E-state index contributed by atoms with van der Waals surface area (Å²) in [5, 5.41) is 3.22. The highest BCUT2D eigenvalue weighted by molar-refractivity contribution is 4.96. The van der Waals surface area contributed by atoms with Crippen molar-refractivity contribution < 1.29 is 0 Å². The Morgan fingerprint density at radius 1 is 1.57 bits per heavy atom. The van der Waals surface area contributed by atoms with Gasteiger partial charge in [0.2, 0.25) is 0 Å². The minimum absolute atomic E-state index is 0.146. The van der Waals surface area contributed by atoms with E-state index in [0.717, 1.165) is 25.2 Å². The van der Waals surface area contributed by atoms with Gasteiger partial charge in [0, 0.05) is 31.0 Å². The van der Waals surface area contributed by atoms with Crippen molar-refractivity contribution in [1.82, 2.24) is 10.2 Å². The van der Waals surface area contributed by atoms with Crippen molar-refractivity contribution in [3.05, 3.63) is 11.9 Å². The molecule has 5 N–H and O–H groups in total. The first-order valence-corrected chi connectivity index (χ1v) is 5.22. The van der Waals surface area contributed by atoms with Crippen LogP contribution in [0.2, 0.25) is 0 Å². The quantitative estimate of drug-likeness (QED) is 0.411. The maximum atomic E-state index is 5.72. The Morgan fingerprint density at radius 3 is 2.64 bits per heavy atom. The maximum absolute atomic E-state index is 5.72. The van der Waals surface area contributed by atoms with Gasteiger partial charge < -0.3 is 21.7 Å². The van der Waals surface area contributed by atoms with E-state index in [4.69, 9.17) is 11.5 Å². The third-order valence-electron chi connectivity index (χ3n) is 1.93. The summed E-state index contributed by atoms with van der Waals surface area (Å²) < 4.78 is 0. The molecule has 0 amide bonds. The van der Waals surface area contributed by atoms with Gasteiger partial charge in [-0.05, 0) is 20.3 Å². The van der Waals surface area contributed by atoms with Gasteiger partial charge in [-0.25, -0.2) is 0 Å². The molecule has 1 unspecified atom stereocenters. The Kier molecular flexibility index (Phi) is 7.24. The predicted molar refractivity (Wildman–Crippen MR) is 61.5 cm³/mol. The molecule has 0 saturated heterocycles. The van der Waals surface area contributed by atoms with Crippen molar-refractivity contribution in [2.45, 2.75) is 33.2 Å². The van der Waals surface area contributed by atoms with Crippen LogP contribution in [0.25, 0.3) is 0 Å². The summed E-state index contributed by atoms with van der Waals surface area (Å²) in [5.41, 5.74) is 12.5. The first-order valence-electron chi connectivity index (χ1n) is 5.22. The minimum Gasteiger partial charge on any atom is -0.390 e. The molecule has 0 aromatic heterocycles. The largest absolute Gasteiger partial charge is 0.390 e. The van der Waals surface area contributed by atoms with E-state index in [-0.39, 0.29) is 6.04 Å². The average molecular weight is 200 g/mol. The van der Waals surface area contributed by atoms with Crippen molar-refractivity contribution in [2.24, 2.45) is 11.5 Å². The molecule has 0 heterocycles. The molecule has 4 heteroatoms. The van der Waals surface area contributed by atoms with E-state index in [2.05, 4.69) is 17.1 Å². The highest BCUT2D eigenvalue weighted by Gasteiger charge is 2.04. The first-order chi connectivity index (χ1) is 6.61. The van der Waals surface area contributed by atoms with Crippen LogP contribution >= 0.6 is 0 Å². The number of nitrogens with zero attached hydrogens (tertiary/aromatic N) is 1. The number of rotatable bonds is 7. The Morgan fingerprint density at radius 2 is 2.21 bits per heavy atom. The molecule has 0 aromatic carbocycles. The zero-order valence-electron chi connectivity index (χ0n) is 9.59. The van der Waals surface area contributed by atoms with E-state index in [1.165, 1.54) is 0 Å². The molecule has 84 valence electrons. The van der Waals surface area contributed by atoms with E-state index in [1.54, 1.807) is 0 Å². The predicted octanol–water partition coefficient (Wildman–Crippen LogP) is 0.413. The molecule has 1 atom stereocenters. The van der Waals surface area contributed by atoms with Crippen LogP contribution in [0.15, 0.2) is 11.9 Å². The SMILES string of the molecule is CCCN/C=C(\C)N(CN)CC(C)N. The molecule has 14 heavy (non-hydrogen) atoms. The monoisotopic (exact) mass is 200 g/mol. The molecule has 0 saturated carbocycles. The van der Waals surface area contributed by atoms with Gasteiger partial charge in [0.1, 0.15) is 0 Å². The highest BCUT2D eigenvalue weighted by atomic mass is 15.2. The average Bonchev–Trinajstić information content (AvgIpc) is 2.14. The molecule has 0 fully saturated rings. The van der Waals surface area contributed by atoms with Crippen LogP contribution in [0, 0.1) is 0 Å².